The minimum atomic E-state index is -0.168. The van der Waals surface area contributed by atoms with Crippen LogP contribution in [0.4, 0.5) is 11.4 Å². The molecular weight excluding hydrogens is 370 g/mol. The van der Waals surface area contributed by atoms with E-state index in [-0.39, 0.29) is 37.5 Å². The first-order valence-electron chi connectivity index (χ1n) is 9.60. The van der Waals surface area contributed by atoms with E-state index < -0.39 is 0 Å². The van der Waals surface area contributed by atoms with Gasteiger partial charge in [0.05, 0.1) is 13.2 Å². The van der Waals surface area contributed by atoms with Crippen LogP contribution in [0.15, 0.2) is 36.4 Å². The maximum Gasteiger partial charge on any atom is 0.238 e. The van der Waals surface area contributed by atoms with E-state index in [9.17, 15) is 9.59 Å². The summed E-state index contributed by atoms with van der Waals surface area (Å²) in [6.07, 6.45) is 0.304. The first kappa shape index (κ1) is 20.8. The highest BCUT2D eigenvalue weighted by Gasteiger charge is 2.29. The van der Waals surface area contributed by atoms with Gasteiger partial charge in [0.2, 0.25) is 11.8 Å². The van der Waals surface area contributed by atoms with Crippen molar-refractivity contribution < 1.29 is 19.4 Å². The van der Waals surface area contributed by atoms with Gasteiger partial charge in [-0.25, -0.2) is 0 Å². The Morgan fingerprint density at radius 3 is 2.76 bits per heavy atom. The van der Waals surface area contributed by atoms with Gasteiger partial charge in [0.15, 0.2) is 0 Å². The topological polar surface area (TPSA) is 90.9 Å². The number of hydrogen-bond acceptors (Lipinski definition) is 5. The van der Waals surface area contributed by atoms with E-state index in [0.717, 1.165) is 16.7 Å². The molecule has 1 heterocycles. The van der Waals surface area contributed by atoms with Crippen LogP contribution < -0.4 is 15.4 Å². The molecule has 154 valence electrons. The van der Waals surface area contributed by atoms with E-state index in [4.69, 9.17) is 9.84 Å². The first-order chi connectivity index (χ1) is 13.9. The van der Waals surface area contributed by atoms with Gasteiger partial charge < -0.3 is 25.4 Å². The summed E-state index contributed by atoms with van der Waals surface area (Å²) in [6.45, 7) is 2.33. The molecule has 0 bridgehead atoms. The van der Waals surface area contributed by atoms with Crippen LogP contribution in [-0.4, -0.2) is 55.7 Å². The number of aliphatic hydroxyl groups excluding tert-OH is 1. The van der Waals surface area contributed by atoms with Gasteiger partial charge in [-0.15, -0.1) is 0 Å². The van der Waals surface area contributed by atoms with Crippen molar-refractivity contribution in [3.63, 3.8) is 0 Å². The van der Waals surface area contributed by atoms with Gasteiger partial charge in [-0.05, 0) is 44.3 Å². The third-order valence-electron chi connectivity index (χ3n) is 4.81. The highest BCUT2D eigenvalue weighted by molar-refractivity contribution is 5.98. The van der Waals surface area contributed by atoms with Gasteiger partial charge in [-0.3, -0.25) is 9.59 Å². The van der Waals surface area contributed by atoms with Crippen LogP contribution in [-0.2, 0) is 9.59 Å². The minimum absolute atomic E-state index is 0.0782. The average Bonchev–Trinajstić information content (AvgIpc) is 2.66. The van der Waals surface area contributed by atoms with Crippen molar-refractivity contribution in [1.82, 2.24) is 4.90 Å². The Bertz CT molecular complexity index is 911. The van der Waals surface area contributed by atoms with E-state index in [1.54, 1.807) is 4.90 Å². The number of amides is 2. The molecule has 0 saturated carbocycles. The third-order valence-corrected chi connectivity index (χ3v) is 4.81. The SMILES string of the molecule is Cc1cc2c(cc1NC(=O)CN(C)C)NC(=O)CC2c1ccccc1OCCO. The molecule has 2 aromatic carbocycles. The fourth-order valence-corrected chi connectivity index (χ4v) is 3.57. The smallest absolute Gasteiger partial charge is 0.238 e. The van der Waals surface area contributed by atoms with Gasteiger partial charge in [-0.1, -0.05) is 24.3 Å². The highest BCUT2D eigenvalue weighted by Crippen LogP contribution is 2.42. The predicted octanol–water partition coefficient (Wildman–Crippen LogP) is 2.34. The zero-order valence-electron chi connectivity index (χ0n) is 17.0. The Labute approximate surface area is 170 Å². The summed E-state index contributed by atoms with van der Waals surface area (Å²) in [4.78, 5) is 26.4. The van der Waals surface area contributed by atoms with E-state index in [1.807, 2.05) is 57.4 Å². The van der Waals surface area contributed by atoms with Crippen LogP contribution in [0.1, 0.15) is 29.0 Å². The number of aliphatic hydroxyl groups is 1. The van der Waals surface area contributed by atoms with E-state index in [2.05, 4.69) is 10.6 Å². The Hall–Kier alpha value is -2.90. The Balaban J connectivity index is 1.97. The van der Waals surface area contributed by atoms with Crippen LogP contribution in [0, 0.1) is 6.92 Å². The molecule has 0 spiro atoms. The summed E-state index contributed by atoms with van der Waals surface area (Å²) >= 11 is 0. The van der Waals surface area contributed by atoms with E-state index in [1.165, 1.54) is 0 Å². The number of nitrogens with one attached hydrogen (secondary N) is 2. The van der Waals surface area contributed by atoms with Crippen molar-refractivity contribution in [2.45, 2.75) is 19.3 Å². The van der Waals surface area contributed by atoms with Gasteiger partial charge in [0.25, 0.3) is 0 Å². The van der Waals surface area contributed by atoms with Crippen LogP contribution in [0.3, 0.4) is 0 Å². The van der Waals surface area contributed by atoms with E-state index >= 15 is 0 Å². The Morgan fingerprint density at radius 2 is 2.03 bits per heavy atom. The van der Waals surface area contributed by atoms with Crippen molar-refractivity contribution in [3.05, 3.63) is 53.1 Å². The molecule has 0 fully saturated rings. The molecule has 7 heteroatoms. The quantitative estimate of drug-likeness (QED) is 0.667. The zero-order valence-corrected chi connectivity index (χ0v) is 17.0. The molecule has 2 amide bonds. The minimum Gasteiger partial charge on any atom is -0.491 e. The number of anilines is 2. The summed E-state index contributed by atoms with van der Waals surface area (Å²) in [5.74, 6) is 0.292. The Morgan fingerprint density at radius 1 is 1.28 bits per heavy atom. The van der Waals surface area contributed by atoms with Crippen LogP contribution in [0.2, 0.25) is 0 Å². The molecular formula is C22H27N3O4. The van der Waals surface area contributed by atoms with Crippen molar-refractivity contribution in [2.75, 3.05) is 44.5 Å². The number of benzene rings is 2. The molecule has 0 radical (unpaired) electrons. The second-order valence-corrected chi connectivity index (χ2v) is 7.46. The molecule has 2 aromatic rings. The lowest BCUT2D eigenvalue weighted by Crippen LogP contribution is -2.28. The molecule has 0 aromatic heterocycles. The number of para-hydroxylation sites is 1. The van der Waals surface area contributed by atoms with Gasteiger partial charge in [0.1, 0.15) is 12.4 Å². The maximum atomic E-state index is 12.4. The zero-order chi connectivity index (χ0) is 21.0. The number of nitrogens with zero attached hydrogens (tertiary/aromatic N) is 1. The molecule has 1 unspecified atom stereocenters. The molecule has 7 nitrogen and oxygen atoms in total. The number of rotatable bonds is 7. The monoisotopic (exact) mass is 397 g/mol. The average molecular weight is 397 g/mol. The maximum absolute atomic E-state index is 12.4. The number of carbonyl (C=O) groups excluding carboxylic acids is 2. The number of aryl methyl sites for hydroxylation is 1. The summed E-state index contributed by atoms with van der Waals surface area (Å²) in [5.41, 5.74) is 4.18. The molecule has 1 atom stereocenters. The number of fused-ring (bicyclic) bond motifs is 1. The number of likely N-dealkylation sites (N-methyl/N-ethyl adjacent to an activating group) is 1. The van der Waals surface area contributed by atoms with Gasteiger partial charge in [-0.2, -0.15) is 0 Å². The second kappa shape index (κ2) is 9.07. The molecule has 3 N–H and O–H groups in total. The molecule has 3 rings (SSSR count). The molecule has 0 saturated heterocycles. The van der Waals surface area contributed by atoms with Crippen molar-refractivity contribution in [2.24, 2.45) is 0 Å². The number of carbonyl (C=O) groups is 2. The molecule has 29 heavy (non-hydrogen) atoms. The largest absolute Gasteiger partial charge is 0.491 e. The summed E-state index contributed by atoms with van der Waals surface area (Å²) in [7, 11) is 3.67. The second-order valence-electron chi connectivity index (χ2n) is 7.46. The number of ether oxygens (including phenoxy) is 1. The van der Waals surface area contributed by atoms with Crippen molar-refractivity contribution in [1.29, 1.82) is 0 Å². The summed E-state index contributed by atoms with van der Waals surface area (Å²) in [6, 6.07) is 11.4. The normalized spacial score (nSPS) is 15.6. The fourth-order valence-electron chi connectivity index (χ4n) is 3.57. The fraction of sp³-hybridized carbons (Fsp3) is 0.364. The molecule has 1 aliphatic heterocycles. The lowest BCUT2D eigenvalue weighted by molar-refractivity contribution is -0.117. The lowest BCUT2D eigenvalue weighted by atomic mass is 9.83. The van der Waals surface area contributed by atoms with Crippen molar-refractivity contribution >= 4 is 23.2 Å². The van der Waals surface area contributed by atoms with Gasteiger partial charge >= 0.3 is 0 Å². The van der Waals surface area contributed by atoms with Gasteiger partial charge in [0, 0.05) is 29.3 Å². The van der Waals surface area contributed by atoms with E-state index in [0.29, 0.717) is 23.5 Å². The van der Waals surface area contributed by atoms with Crippen LogP contribution in [0.25, 0.3) is 0 Å². The summed E-state index contributed by atoms with van der Waals surface area (Å²) in [5, 5.41) is 14.9. The van der Waals surface area contributed by atoms with Crippen LogP contribution in [0.5, 0.6) is 5.75 Å². The predicted molar refractivity (Wildman–Crippen MR) is 112 cm³/mol. The first-order valence-corrected chi connectivity index (χ1v) is 9.60. The standard InChI is InChI=1S/C22H27N3O4/c1-14-10-17-16(15-6-4-5-7-20(15)29-9-8-26)11-21(27)24-19(17)12-18(14)23-22(28)13-25(2)3/h4-7,10,12,16,26H,8-9,11,13H2,1-3H3,(H,23,28)(H,24,27). The molecule has 1 aliphatic rings. The Kier molecular flexibility index (Phi) is 6.51. The lowest BCUT2D eigenvalue weighted by Gasteiger charge is -2.28. The summed E-state index contributed by atoms with van der Waals surface area (Å²) < 4.78 is 5.69. The highest BCUT2D eigenvalue weighted by atomic mass is 16.5. The van der Waals surface area contributed by atoms with Crippen molar-refractivity contribution in [3.8, 4) is 5.75 Å². The third kappa shape index (κ3) is 4.93. The number of hydrogen-bond donors (Lipinski definition) is 3. The van der Waals surface area contributed by atoms with Crippen LogP contribution >= 0.6 is 0 Å². The molecule has 0 aliphatic carbocycles.